The summed E-state index contributed by atoms with van der Waals surface area (Å²) in [5.74, 6) is 2.18. The molecule has 1 aromatic heterocycles. The summed E-state index contributed by atoms with van der Waals surface area (Å²) in [6, 6.07) is 8.82. The minimum atomic E-state index is -3.76. The fourth-order valence-electron chi connectivity index (χ4n) is 3.90. The van der Waals surface area contributed by atoms with E-state index >= 15 is 0 Å². The number of rotatable bonds is 9. The number of aromatic nitrogens is 1. The van der Waals surface area contributed by atoms with Crippen LogP contribution in [0.4, 0.5) is 5.82 Å². The van der Waals surface area contributed by atoms with Crippen molar-refractivity contribution in [2.45, 2.75) is 55.8 Å². The van der Waals surface area contributed by atoms with Crippen LogP contribution in [-0.2, 0) is 10.0 Å². The Morgan fingerprint density at radius 1 is 1.21 bits per heavy atom. The highest BCUT2D eigenvalue weighted by Gasteiger charge is 2.28. The van der Waals surface area contributed by atoms with Crippen molar-refractivity contribution in [3.05, 3.63) is 47.7 Å². The van der Waals surface area contributed by atoms with Crippen LogP contribution in [0.1, 0.15) is 51.2 Å². The minimum absolute atomic E-state index is 0.152. The van der Waals surface area contributed by atoms with Crippen LogP contribution in [0.15, 0.2) is 41.4 Å². The van der Waals surface area contributed by atoms with Gasteiger partial charge in [0.2, 0.25) is 0 Å². The fourth-order valence-corrected chi connectivity index (χ4v) is 6.42. The van der Waals surface area contributed by atoms with Gasteiger partial charge in [0, 0.05) is 29.1 Å². The third kappa shape index (κ3) is 6.60. The Labute approximate surface area is 212 Å². The second-order valence-electron chi connectivity index (χ2n) is 9.55. The van der Waals surface area contributed by atoms with E-state index in [1.54, 1.807) is 30.5 Å². The van der Waals surface area contributed by atoms with E-state index in [1.807, 2.05) is 26.8 Å². The van der Waals surface area contributed by atoms with Crippen molar-refractivity contribution in [1.29, 1.82) is 0 Å². The average molecular weight is 586 g/mol. The summed E-state index contributed by atoms with van der Waals surface area (Å²) in [7, 11) is -3.76. The molecular weight excluding hydrogens is 549 g/mol. The molecule has 182 valence electrons. The first-order chi connectivity index (χ1) is 15.6. The predicted octanol–water partition coefficient (Wildman–Crippen LogP) is 5.16. The Morgan fingerprint density at radius 3 is 2.48 bits per heavy atom. The van der Waals surface area contributed by atoms with Gasteiger partial charge in [0.15, 0.2) is 0 Å². The molecule has 0 saturated carbocycles. The zero-order valence-corrected chi connectivity index (χ0v) is 23.2. The lowest BCUT2D eigenvalue weighted by atomic mass is 9.99. The summed E-state index contributed by atoms with van der Waals surface area (Å²) < 4.78 is 35.3. The molecule has 1 aromatic carbocycles. The van der Waals surface area contributed by atoms with E-state index in [9.17, 15) is 8.42 Å². The third-order valence-electron chi connectivity index (χ3n) is 5.92. The Kier molecular flexibility index (Phi) is 9.02. The maximum absolute atomic E-state index is 13.6. The molecule has 0 aliphatic carbocycles. The van der Waals surface area contributed by atoms with E-state index in [0.717, 1.165) is 30.6 Å². The van der Waals surface area contributed by atoms with Crippen molar-refractivity contribution in [3.8, 4) is 5.75 Å². The molecule has 6 nitrogen and oxygen atoms in total. The van der Waals surface area contributed by atoms with Crippen LogP contribution in [0.5, 0.6) is 5.75 Å². The van der Waals surface area contributed by atoms with Gasteiger partial charge in [0.1, 0.15) is 11.6 Å². The highest BCUT2D eigenvalue weighted by Crippen LogP contribution is 2.29. The first-order valence-corrected chi connectivity index (χ1v) is 14.3. The van der Waals surface area contributed by atoms with Gasteiger partial charge in [-0.05, 0) is 67.1 Å². The predicted molar refractivity (Wildman–Crippen MR) is 143 cm³/mol. The second kappa shape index (κ2) is 11.4. The summed E-state index contributed by atoms with van der Waals surface area (Å²) in [6.45, 7) is 13.2. The molecule has 1 N–H and O–H groups in total. The highest BCUT2D eigenvalue weighted by molar-refractivity contribution is 14.1. The third-order valence-corrected chi connectivity index (χ3v) is 9.15. The molecule has 1 aliphatic heterocycles. The number of pyridine rings is 1. The number of benzene rings is 1. The molecular formula is C25H36IN3O3S. The van der Waals surface area contributed by atoms with E-state index in [0.29, 0.717) is 40.5 Å². The van der Waals surface area contributed by atoms with Crippen LogP contribution in [-0.4, -0.2) is 43.6 Å². The zero-order valence-electron chi connectivity index (χ0n) is 20.2. The van der Waals surface area contributed by atoms with Gasteiger partial charge in [-0.25, -0.2) is 17.7 Å². The molecule has 2 atom stereocenters. The number of sulfonamides is 1. The maximum atomic E-state index is 13.6. The van der Waals surface area contributed by atoms with E-state index < -0.39 is 10.0 Å². The lowest BCUT2D eigenvalue weighted by Crippen LogP contribution is -2.39. The molecule has 0 spiro atoms. The number of anilines is 1. The molecule has 1 saturated heterocycles. The molecule has 33 heavy (non-hydrogen) atoms. The van der Waals surface area contributed by atoms with Crippen LogP contribution < -0.4 is 14.4 Å². The smallest absolute Gasteiger partial charge is 0.265 e. The van der Waals surface area contributed by atoms with Crippen molar-refractivity contribution < 1.29 is 13.2 Å². The second-order valence-corrected chi connectivity index (χ2v) is 13.0. The van der Waals surface area contributed by atoms with Crippen LogP contribution >= 0.6 is 22.6 Å². The van der Waals surface area contributed by atoms with E-state index in [1.165, 1.54) is 4.31 Å². The van der Waals surface area contributed by atoms with Gasteiger partial charge in [-0.2, -0.15) is 0 Å². The van der Waals surface area contributed by atoms with Crippen LogP contribution in [0.2, 0.25) is 0 Å². The van der Waals surface area contributed by atoms with Gasteiger partial charge < -0.3 is 10.1 Å². The lowest BCUT2D eigenvalue weighted by molar-refractivity contribution is 0.224. The number of hydrogen-bond donors (Lipinski definition) is 1. The Hall–Kier alpha value is -1.39. The molecule has 0 amide bonds. The topological polar surface area (TPSA) is 71.5 Å². The number of nitrogens with zero attached hydrogens (tertiary/aromatic N) is 2. The van der Waals surface area contributed by atoms with Crippen LogP contribution in [0.3, 0.4) is 0 Å². The Balaban J connectivity index is 1.81. The number of nitrogens with one attached hydrogen (secondary N) is 1. The number of halogens is 1. The van der Waals surface area contributed by atoms with Crippen LogP contribution in [0.25, 0.3) is 0 Å². The summed E-state index contributed by atoms with van der Waals surface area (Å²) in [6.07, 6.45) is 2.88. The number of alkyl halides is 1. The summed E-state index contributed by atoms with van der Waals surface area (Å²) in [5, 5.41) is 3.40. The SMILES string of the molecule is Cc1cc(C(C)C)cnc1N(CC(C)C)S(=O)(=O)c1ccc(OCC2CCNCC2I)cc1. The van der Waals surface area contributed by atoms with Crippen molar-refractivity contribution in [3.63, 3.8) is 0 Å². The Morgan fingerprint density at radius 2 is 1.91 bits per heavy atom. The standard InChI is InChI=1S/C25H36IN3O3S/c1-17(2)15-29(25-19(5)12-21(13-28-25)18(3)4)33(30,31)23-8-6-22(7-9-23)32-16-20-10-11-27-14-24(20)26/h6-9,12-13,17-18,20,24,27H,10-11,14-16H2,1-5H3. The average Bonchev–Trinajstić information content (AvgIpc) is 2.77. The highest BCUT2D eigenvalue weighted by atomic mass is 127. The largest absolute Gasteiger partial charge is 0.493 e. The van der Waals surface area contributed by atoms with E-state index in [-0.39, 0.29) is 10.8 Å². The molecule has 1 fully saturated rings. The summed E-state index contributed by atoms with van der Waals surface area (Å²) in [4.78, 5) is 4.82. The fraction of sp³-hybridized carbons (Fsp3) is 0.560. The molecule has 2 heterocycles. The van der Waals surface area contributed by atoms with Gasteiger partial charge in [0.05, 0.1) is 11.5 Å². The first-order valence-electron chi connectivity index (χ1n) is 11.7. The van der Waals surface area contributed by atoms with Gasteiger partial charge >= 0.3 is 0 Å². The van der Waals surface area contributed by atoms with Gasteiger partial charge in [-0.1, -0.05) is 56.4 Å². The first kappa shape index (κ1) is 26.2. The summed E-state index contributed by atoms with van der Waals surface area (Å²) >= 11 is 2.47. The minimum Gasteiger partial charge on any atom is -0.493 e. The normalized spacial score (nSPS) is 19.2. The maximum Gasteiger partial charge on any atom is 0.265 e. The Bertz CT molecular complexity index is 1030. The summed E-state index contributed by atoms with van der Waals surface area (Å²) in [5.41, 5.74) is 1.96. The monoisotopic (exact) mass is 585 g/mol. The molecule has 0 bridgehead atoms. The van der Waals surface area contributed by atoms with Crippen molar-refractivity contribution in [2.24, 2.45) is 11.8 Å². The van der Waals surface area contributed by atoms with E-state index in [2.05, 4.69) is 46.7 Å². The van der Waals surface area contributed by atoms with Crippen molar-refractivity contribution >= 4 is 38.4 Å². The lowest BCUT2D eigenvalue weighted by Gasteiger charge is -2.28. The molecule has 0 radical (unpaired) electrons. The van der Waals surface area contributed by atoms with Crippen LogP contribution in [0, 0.1) is 18.8 Å². The van der Waals surface area contributed by atoms with Crippen molar-refractivity contribution in [1.82, 2.24) is 10.3 Å². The molecule has 2 aromatic rings. The number of hydrogen-bond acceptors (Lipinski definition) is 5. The number of piperidine rings is 1. The van der Waals surface area contributed by atoms with Gasteiger partial charge in [-0.3, -0.25) is 0 Å². The molecule has 3 rings (SSSR count). The van der Waals surface area contributed by atoms with Gasteiger partial charge in [0.25, 0.3) is 10.0 Å². The zero-order chi connectivity index (χ0) is 24.2. The quantitative estimate of drug-likeness (QED) is 0.326. The molecule has 1 aliphatic rings. The molecule has 8 heteroatoms. The number of aryl methyl sites for hydroxylation is 1. The number of ether oxygens (including phenoxy) is 1. The molecule has 2 unspecified atom stereocenters. The van der Waals surface area contributed by atoms with Crippen molar-refractivity contribution in [2.75, 3.05) is 30.5 Å². The van der Waals surface area contributed by atoms with Gasteiger partial charge in [-0.15, -0.1) is 0 Å². The van der Waals surface area contributed by atoms with E-state index in [4.69, 9.17) is 4.74 Å².